The van der Waals surface area contributed by atoms with Crippen molar-refractivity contribution in [2.24, 2.45) is 0 Å². The molecule has 1 aromatic carbocycles. The second kappa shape index (κ2) is 6.74. The molecule has 0 atom stereocenters. The molecule has 1 saturated carbocycles. The largest absolute Gasteiger partial charge is 0.416 e. The van der Waals surface area contributed by atoms with E-state index in [1.165, 1.54) is 0 Å². The van der Waals surface area contributed by atoms with Gasteiger partial charge < -0.3 is 15.7 Å². The minimum absolute atomic E-state index is 0.0500. The third-order valence-corrected chi connectivity index (χ3v) is 3.93. The summed E-state index contributed by atoms with van der Waals surface area (Å²) in [6.45, 7) is -0.340. The van der Waals surface area contributed by atoms with E-state index < -0.39 is 29.2 Å². The van der Waals surface area contributed by atoms with E-state index >= 15 is 0 Å². The van der Waals surface area contributed by atoms with E-state index in [-0.39, 0.29) is 18.7 Å². The van der Waals surface area contributed by atoms with Crippen LogP contribution in [0.5, 0.6) is 0 Å². The topological polar surface area (TPSA) is 61.4 Å². The lowest BCUT2D eigenvalue weighted by Crippen LogP contribution is -2.44. The Hall–Kier alpha value is -1.83. The molecule has 8 heteroatoms. The van der Waals surface area contributed by atoms with Crippen LogP contribution < -0.4 is 10.6 Å². The van der Waals surface area contributed by atoms with Gasteiger partial charge in [0.1, 0.15) is 5.82 Å². The quantitative estimate of drug-likeness (QED) is 0.742. The van der Waals surface area contributed by atoms with Crippen LogP contribution in [0.15, 0.2) is 18.2 Å². The van der Waals surface area contributed by atoms with Gasteiger partial charge >= 0.3 is 12.2 Å². The lowest BCUT2D eigenvalue weighted by atomic mass is 10.0. The Morgan fingerprint density at radius 1 is 1.22 bits per heavy atom. The van der Waals surface area contributed by atoms with E-state index in [1.54, 1.807) is 0 Å². The number of benzene rings is 1. The second-order valence-electron chi connectivity index (χ2n) is 5.77. The molecule has 0 aromatic heterocycles. The van der Waals surface area contributed by atoms with Crippen molar-refractivity contribution in [3.63, 3.8) is 0 Å². The molecule has 4 nitrogen and oxygen atoms in total. The smallest absolute Gasteiger partial charge is 0.388 e. The molecule has 0 saturated heterocycles. The summed E-state index contributed by atoms with van der Waals surface area (Å²) in [7, 11) is 0. The molecule has 0 spiro atoms. The summed E-state index contributed by atoms with van der Waals surface area (Å²) in [4.78, 5) is 11.7. The van der Waals surface area contributed by atoms with Crippen molar-refractivity contribution in [1.82, 2.24) is 10.6 Å². The number of hydrogen-bond acceptors (Lipinski definition) is 2. The summed E-state index contributed by atoms with van der Waals surface area (Å²) in [6, 6.07) is 1.62. The van der Waals surface area contributed by atoms with Crippen LogP contribution in [0.3, 0.4) is 0 Å². The monoisotopic (exact) mass is 334 g/mol. The zero-order valence-electron chi connectivity index (χ0n) is 12.3. The van der Waals surface area contributed by atoms with E-state index in [1.807, 2.05) is 0 Å². The van der Waals surface area contributed by atoms with Crippen LogP contribution >= 0.6 is 0 Å². The molecule has 0 aliphatic heterocycles. The molecule has 0 heterocycles. The maximum atomic E-state index is 13.0. The van der Waals surface area contributed by atoms with Gasteiger partial charge in [-0.1, -0.05) is 18.9 Å². The van der Waals surface area contributed by atoms with E-state index in [2.05, 4.69) is 10.6 Å². The molecule has 1 fully saturated rings. The minimum atomic E-state index is -4.70. The normalized spacial score (nSPS) is 17.1. The Balaban J connectivity index is 1.91. The second-order valence-corrected chi connectivity index (χ2v) is 5.77. The van der Waals surface area contributed by atoms with Crippen molar-refractivity contribution in [3.8, 4) is 0 Å². The SMILES string of the molecule is O=C(NCc1ccc(F)cc1C(F)(F)F)NCC1(O)CCCC1. The third-order valence-electron chi connectivity index (χ3n) is 3.93. The first-order chi connectivity index (χ1) is 10.7. The molecule has 1 aliphatic carbocycles. The lowest BCUT2D eigenvalue weighted by Gasteiger charge is -2.22. The molecular weight excluding hydrogens is 316 g/mol. The number of halogens is 4. The number of hydrogen-bond donors (Lipinski definition) is 3. The average Bonchev–Trinajstić information content (AvgIpc) is 2.90. The summed E-state index contributed by atoms with van der Waals surface area (Å²) < 4.78 is 51.5. The van der Waals surface area contributed by atoms with Crippen LogP contribution in [0, 0.1) is 5.82 Å². The maximum absolute atomic E-state index is 13.0. The standard InChI is InChI=1S/C15H18F4N2O2/c16-11-4-3-10(12(7-11)15(17,18)19)8-20-13(22)21-9-14(23)5-1-2-6-14/h3-4,7,23H,1-2,5-6,8-9H2,(H2,20,21,22). The number of rotatable bonds is 4. The third kappa shape index (κ3) is 4.82. The van der Waals surface area contributed by atoms with Crippen molar-refractivity contribution in [2.45, 2.75) is 44.0 Å². The van der Waals surface area contributed by atoms with E-state index in [9.17, 15) is 27.5 Å². The molecule has 2 amide bonds. The van der Waals surface area contributed by atoms with Crippen LogP contribution in [-0.4, -0.2) is 23.3 Å². The lowest BCUT2D eigenvalue weighted by molar-refractivity contribution is -0.138. The van der Waals surface area contributed by atoms with Gasteiger partial charge in [0, 0.05) is 13.1 Å². The summed E-state index contributed by atoms with van der Waals surface area (Å²) in [5, 5.41) is 14.8. The van der Waals surface area contributed by atoms with Gasteiger partial charge in [0.2, 0.25) is 0 Å². The molecule has 0 bridgehead atoms. The first kappa shape index (κ1) is 17.5. The molecule has 1 aliphatic rings. The van der Waals surface area contributed by atoms with Gasteiger partial charge in [-0.05, 0) is 30.5 Å². The minimum Gasteiger partial charge on any atom is -0.388 e. The molecular formula is C15H18F4N2O2. The number of carbonyl (C=O) groups excluding carboxylic acids is 1. The zero-order valence-corrected chi connectivity index (χ0v) is 12.3. The zero-order chi connectivity index (χ0) is 17.1. The fourth-order valence-corrected chi connectivity index (χ4v) is 2.66. The van der Waals surface area contributed by atoms with Crippen molar-refractivity contribution in [2.75, 3.05) is 6.54 Å². The van der Waals surface area contributed by atoms with Crippen molar-refractivity contribution >= 4 is 6.03 Å². The summed E-state index contributed by atoms with van der Waals surface area (Å²) in [6.07, 6.45) is -1.77. The van der Waals surface area contributed by atoms with Gasteiger partial charge in [0.05, 0.1) is 11.2 Å². The summed E-state index contributed by atoms with van der Waals surface area (Å²) >= 11 is 0. The Morgan fingerprint density at radius 3 is 2.48 bits per heavy atom. The number of amides is 2. The predicted octanol–water partition coefficient (Wildman–Crippen LogP) is 2.95. The molecule has 0 radical (unpaired) electrons. The number of alkyl halides is 3. The molecule has 2 rings (SSSR count). The van der Waals surface area contributed by atoms with Gasteiger partial charge in [-0.3, -0.25) is 0 Å². The van der Waals surface area contributed by atoms with Crippen LogP contribution in [0.4, 0.5) is 22.4 Å². The molecule has 128 valence electrons. The highest BCUT2D eigenvalue weighted by Crippen LogP contribution is 2.32. The van der Waals surface area contributed by atoms with E-state index in [0.29, 0.717) is 18.9 Å². The van der Waals surface area contributed by atoms with Crippen molar-refractivity contribution in [3.05, 3.63) is 35.1 Å². The first-order valence-electron chi connectivity index (χ1n) is 7.29. The Kier molecular flexibility index (Phi) is 5.13. The van der Waals surface area contributed by atoms with Gasteiger partial charge in [-0.2, -0.15) is 13.2 Å². The molecule has 23 heavy (non-hydrogen) atoms. The fraction of sp³-hybridized carbons (Fsp3) is 0.533. The summed E-state index contributed by atoms with van der Waals surface area (Å²) in [5.41, 5.74) is -2.29. The van der Waals surface area contributed by atoms with Crippen molar-refractivity contribution < 1.29 is 27.5 Å². The maximum Gasteiger partial charge on any atom is 0.416 e. The Morgan fingerprint density at radius 2 is 1.87 bits per heavy atom. The van der Waals surface area contributed by atoms with E-state index in [0.717, 1.165) is 25.0 Å². The molecule has 3 N–H and O–H groups in total. The average molecular weight is 334 g/mol. The molecule has 0 unspecified atom stereocenters. The molecule has 1 aromatic rings. The number of aliphatic hydroxyl groups is 1. The van der Waals surface area contributed by atoms with Gasteiger partial charge in [-0.15, -0.1) is 0 Å². The first-order valence-corrected chi connectivity index (χ1v) is 7.29. The van der Waals surface area contributed by atoms with Gasteiger partial charge in [0.25, 0.3) is 0 Å². The fourth-order valence-electron chi connectivity index (χ4n) is 2.66. The van der Waals surface area contributed by atoms with Gasteiger partial charge in [0.15, 0.2) is 0 Å². The Bertz CT molecular complexity index is 569. The highest BCUT2D eigenvalue weighted by molar-refractivity contribution is 5.74. The van der Waals surface area contributed by atoms with E-state index in [4.69, 9.17) is 0 Å². The Labute approximate surface area is 130 Å². The number of nitrogens with one attached hydrogen (secondary N) is 2. The predicted molar refractivity (Wildman–Crippen MR) is 75.1 cm³/mol. The van der Waals surface area contributed by atoms with Crippen LogP contribution in [-0.2, 0) is 12.7 Å². The van der Waals surface area contributed by atoms with Crippen LogP contribution in [0.25, 0.3) is 0 Å². The van der Waals surface area contributed by atoms with Crippen LogP contribution in [0.1, 0.15) is 36.8 Å². The van der Waals surface area contributed by atoms with Crippen molar-refractivity contribution in [1.29, 1.82) is 0 Å². The van der Waals surface area contributed by atoms with Gasteiger partial charge in [-0.25, -0.2) is 9.18 Å². The highest BCUT2D eigenvalue weighted by Gasteiger charge is 2.34. The summed E-state index contributed by atoms with van der Waals surface area (Å²) in [5.74, 6) is -0.992. The number of carbonyl (C=O) groups is 1. The number of urea groups is 1. The highest BCUT2D eigenvalue weighted by atomic mass is 19.4. The van der Waals surface area contributed by atoms with Crippen LogP contribution in [0.2, 0.25) is 0 Å².